The molecule has 0 aliphatic carbocycles. The minimum absolute atomic E-state index is 0.382. The molecule has 2 heteroatoms. The summed E-state index contributed by atoms with van der Waals surface area (Å²) in [5.74, 6) is 2.14. The van der Waals surface area contributed by atoms with Crippen LogP contribution in [0, 0.1) is 26.2 Å². The van der Waals surface area contributed by atoms with E-state index in [1.165, 1.54) is 30.4 Å². The highest BCUT2D eigenvalue weighted by Crippen LogP contribution is 2.33. The van der Waals surface area contributed by atoms with Gasteiger partial charge in [0.25, 0.3) is 0 Å². The molecule has 1 unspecified atom stereocenters. The van der Waals surface area contributed by atoms with Crippen molar-refractivity contribution in [2.24, 2.45) is 5.41 Å². The second kappa shape index (κ2) is 6.60. The molecule has 0 saturated carbocycles. The van der Waals surface area contributed by atoms with E-state index in [9.17, 15) is 0 Å². The van der Waals surface area contributed by atoms with E-state index in [4.69, 9.17) is 4.42 Å². The lowest BCUT2D eigenvalue weighted by Crippen LogP contribution is -2.24. The first-order valence-electron chi connectivity index (χ1n) is 7.56. The monoisotopic (exact) mass is 265 g/mol. The van der Waals surface area contributed by atoms with Crippen LogP contribution in [0.2, 0.25) is 0 Å². The van der Waals surface area contributed by atoms with Crippen molar-refractivity contribution in [2.75, 3.05) is 6.54 Å². The van der Waals surface area contributed by atoms with Gasteiger partial charge in [0.2, 0.25) is 0 Å². The third-order valence-electron chi connectivity index (χ3n) is 3.79. The van der Waals surface area contributed by atoms with Gasteiger partial charge in [0.05, 0.1) is 0 Å². The minimum atomic E-state index is 0.382. The molecule has 0 radical (unpaired) electrons. The Morgan fingerprint density at radius 3 is 2.16 bits per heavy atom. The van der Waals surface area contributed by atoms with Gasteiger partial charge >= 0.3 is 0 Å². The zero-order valence-corrected chi connectivity index (χ0v) is 13.8. The first-order chi connectivity index (χ1) is 8.76. The normalized spacial score (nSPS) is 13.8. The van der Waals surface area contributed by atoms with Crippen molar-refractivity contribution >= 4 is 0 Å². The standard InChI is InChI=1S/C17H31NO/c1-8-11-18-15(9-10-17(5,6)7)16-12(2)13(3)19-14(16)4/h15,18H,8-11H2,1-7H3. The van der Waals surface area contributed by atoms with Crippen LogP contribution in [0.3, 0.4) is 0 Å². The summed E-state index contributed by atoms with van der Waals surface area (Å²) in [6.07, 6.45) is 3.56. The van der Waals surface area contributed by atoms with E-state index < -0.39 is 0 Å². The molecule has 110 valence electrons. The SMILES string of the molecule is CCCNC(CCC(C)(C)C)c1c(C)oc(C)c1C. The highest BCUT2D eigenvalue weighted by molar-refractivity contribution is 5.34. The molecule has 0 aromatic carbocycles. The molecule has 1 aromatic rings. The smallest absolute Gasteiger partial charge is 0.106 e. The Bertz CT molecular complexity index is 398. The van der Waals surface area contributed by atoms with Crippen LogP contribution < -0.4 is 5.32 Å². The molecule has 1 rings (SSSR count). The molecular weight excluding hydrogens is 234 g/mol. The van der Waals surface area contributed by atoms with Gasteiger partial charge in [-0.3, -0.25) is 0 Å². The number of hydrogen-bond donors (Lipinski definition) is 1. The number of hydrogen-bond acceptors (Lipinski definition) is 2. The Morgan fingerprint density at radius 2 is 1.74 bits per heavy atom. The van der Waals surface area contributed by atoms with Crippen molar-refractivity contribution in [2.45, 2.75) is 73.8 Å². The molecular formula is C17H31NO. The third kappa shape index (κ3) is 4.68. The van der Waals surface area contributed by atoms with Crippen molar-refractivity contribution < 1.29 is 4.42 Å². The molecule has 0 spiro atoms. The van der Waals surface area contributed by atoms with E-state index in [0.717, 1.165) is 18.1 Å². The second-order valence-corrected chi connectivity index (χ2v) is 6.86. The summed E-state index contributed by atoms with van der Waals surface area (Å²) in [5.41, 5.74) is 3.09. The average Bonchev–Trinajstić information content (AvgIpc) is 2.53. The average molecular weight is 265 g/mol. The van der Waals surface area contributed by atoms with Gasteiger partial charge in [0.15, 0.2) is 0 Å². The van der Waals surface area contributed by atoms with Gasteiger partial charge in [0, 0.05) is 11.6 Å². The lowest BCUT2D eigenvalue weighted by Gasteiger charge is -2.24. The van der Waals surface area contributed by atoms with Crippen LogP contribution in [0.4, 0.5) is 0 Å². The highest BCUT2D eigenvalue weighted by atomic mass is 16.3. The fourth-order valence-electron chi connectivity index (χ4n) is 2.57. The molecule has 0 bridgehead atoms. The summed E-state index contributed by atoms with van der Waals surface area (Å²) in [5, 5.41) is 3.69. The molecule has 0 aliphatic heterocycles. The molecule has 2 nitrogen and oxygen atoms in total. The Morgan fingerprint density at radius 1 is 1.11 bits per heavy atom. The van der Waals surface area contributed by atoms with Crippen molar-refractivity contribution in [1.29, 1.82) is 0 Å². The first-order valence-corrected chi connectivity index (χ1v) is 7.56. The number of nitrogens with one attached hydrogen (secondary N) is 1. The largest absolute Gasteiger partial charge is 0.466 e. The van der Waals surface area contributed by atoms with Gasteiger partial charge in [-0.25, -0.2) is 0 Å². The molecule has 0 fully saturated rings. The quantitative estimate of drug-likeness (QED) is 0.776. The molecule has 1 atom stereocenters. The fraction of sp³-hybridized carbons (Fsp3) is 0.765. The Labute approximate surface area is 119 Å². The lowest BCUT2D eigenvalue weighted by atomic mass is 9.86. The lowest BCUT2D eigenvalue weighted by molar-refractivity contribution is 0.330. The van der Waals surface area contributed by atoms with Crippen LogP contribution in [0.5, 0.6) is 0 Å². The molecule has 1 N–H and O–H groups in total. The summed E-state index contributed by atoms with van der Waals surface area (Å²) < 4.78 is 5.80. The van der Waals surface area contributed by atoms with Crippen molar-refractivity contribution in [3.63, 3.8) is 0 Å². The predicted molar refractivity (Wildman–Crippen MR) is 82.6 cm³/mol. The molecule has 0 aliphatic rings. The molecule has 0 saturated heterocycles. The Balaban J connectivity index is 2.89. The van der Waals surface area contributed by atoms with Crippen LogP contribution in [0.25, 0.3) is 0 Å². The van der Waals surface area contributed by atoms with E-state index in [2.05, 4.69) is 53.8 Å². The summed E-state index contributed by atoms with van der Waals surface area (Å²) in [6.45, 7) is 16.5. The van der Waals surface area contributed by atoms with E-state index >= 15 is 0 Å². The van der Waals surface area contributed by atoms with E-state index in [1.54, 1.807) is 0 Å². The van der Waals surface area contributed by atoms with E-state index in [-0.39, 0.29) is 0 Å². The van der Waals surface area contributed by atoms with E-state index in [1.807, 2.05) is 0 Å². The summed E-state index contributed by atoms with van der Waals surface area (Å²) in [4.78, 5) is 0. The van der Waals surface area contributed by atoms with E-state index in [0.29, 0.717) is 11.5 Å². The van der Waals surface area contributed by atoms with Gasteiger partial charge in [-0.2, -0.15) is 0 Å². The summed E-state index contributed by atoms with van der Waals surface area (Å²) in [6, 6.07) is 0.427. The topological polar surface area (TPSA) is 25.2 Å². The maximum atomic E-state index is 5.80. The Hall–Kier alpha value is -0.760. The number of aryl methyl sites for hydroxylation is 2. The van der Waals surface area contributed by atoms with Crippen molar-refractivity contribution in [3.8, 4) is 0 Å². The van der Waals surface area contributed by atoms with Gasteiger partial charge in [-0.05, 0) is 57.6 Å². The summed E-state index contributed by atoms with van der Waals surface area (Å²) in [7, 11) is 0. The predicted octanol–water partition coefficient (Wildman–Crippen LogP) is 5.07. The molecule has 1 aromatic heterocycles. The minimum Gasteiger partial charge on any atom is -0.466 e. The van der Waals surface area contributed by atoms with Gasteiger partial charge < -0.3 is 9.73 Å². The van der Waals surface area contributed by atoms with Crippen LogP contribution >= 0.6 is 0 Å². The summed E-state index contributed by atoms with van der Waals surface area (Å²) >= 11 is 0. The van der Waals surface area contributed by atoms with Crippen LogP contribution in [0.1, 0.15) is 75.6 Å². The van der Waals surface area contributed by atoms with Gasteiger partial charge in [-0.15, -0.1) is 0 Å². The van der Waals surface area contributed by atoms with Crippen LogP contribution in [-0.4, -0.2) is 6.54 Å². The zero-order valence-electron chi connectivity index (χ0n) is 13.8. The zero-order chi connectivity index (χ0) is 14.6. The maximum Gasteiger partial charge on any atom is 0.106 e. The van der Waals surface area contributed by atoms with Gasteiger partial charge in [0.1, 0.15) is 11.5 Å². The Kier molecular flexibility index (Phi) is 5.66. The third-order valence-corrected chi connectivity index (χ3v) is 3.79. The second-order valence-electron chi connectivity index (χ2n) is 6.86. The molecule has 1 heterocycles. The molecule has 19 heavy (non-hydrogen) atoms. The fourth-order valence-corrected chi connectivity index (χ4v) is 2.57. The van der Waals surface area contributed by atoms with Crippen LogP contribution in [-0.2, 0) is 0 Å². The van der Waals surface area contributed by atoms with Crippen molar-refractivity contribution in [3.05, 3.63) is 22.6 Å². The van der Waals surface area contributed by atoms with Gasteiger partial charge in [-0.1, -0.05) is 27.7 Å². The maximum absolute atomic E-state index is 5.80. The van der Waals surface area contributed by atoms with Crippen molar-refractivity contribution in [1.82, 2.24) is 5.32 Å². The first kappa shape index (κ1) is 16.3. The number of rotatable bonds is 6. The highest BCUT2D eigenvalue weighted by Gasteiger charge is 2.22. The number of furan rings is 1. The molecule has 0 amide bonds. The van der Waals surface area contributed by atoms with Crippen LogP contribution in [0.15, 0.2) is 4.42 Å².